The Morgan fingerprint density at radius 3 is 1.71 bits per heavy atom. The van der Waals surface area contributed by atoms with Gasteiger partial charge in [0.25, 0.3) is 16.6 Å². The van der Waals surface area contributed by atoms with Crippen molar-refractivity contribution in [1.82, 2.24) is 0 Å². The molecule has 4 atom stereocenters. The van der Waals surface area contributed by atoms with E-state index in [0.29, 0.717) is 54.0 Å². The fourth-order valence-electron chi connectivity index (χ4n) is 10.4. The van der Waals surface area contributed by atoms with Crippen molar-refractivity contribution in [2.24, 2.45) is 11.3 Å². The lowest BCUT2D eigenvalue weighted by atomic mass is 9.77. The lowest BCUT2D eigenvalue weighted by molar-refractivity contribution is -0.136. The first-order valence-electron chi connectivity index (χ1n) is 24.2. The number of Topliss-reactive ketones (excluding diaryl/α,β-unsaturated/α-hetero) is 1. The smallest absolute Gasteiger partial charge is 0.342 e. The Morgan fingerprint density at radius 2 is 1.25 bits per heavy atom. The highest BCUT2D eigenvalue weighted by Gasteiger charge is 2.51. The number of hydrogen-bond donors (Lipinski definition) is 1. The summed E-state index contributed by atoms with van der Waals surface area (Å²) < 4.78 is 34.3. The SMILES string of the molecule is Cc1c(O[Si](C(C)C)(C(C)C)C(C)C)cc(O[Si](C(C)C)(C(C)C)C(C)C)c2c1C[C@H]([C@H](C)[C@@H](O)CC(=O)C(C)(C)[C@@H](CCOCc1ccccc1)O[Si](C)(C)C(C)(C)C)OC2=O. The predicted octanol–water partition coefficient (Wildman–Crippen LogP) is 14.2. The fourth-order valence-corrected chi connectivity index (χ4v) is 22.4. The van der Waals surface area contributed by atoms with Crippen LogP contribution in [0.5, 0.6) is 11.5 Å². The Bertz CT molecular complexity index is 1770. The maximum Gasteiger partial charge on any atom is 0.342 e. The van der Waals surface area contributed by atoms with Crippen molar-refractivity contribution in [2.75, 3.05) is 6.61 Å². The molecule has 2 aromatic carbocycles. The molecule has 1 aliphatic rings. The minimum absolute atomic E-state index is 0.0670. The highest BCUT2D eigenvalue weighted by atomic mass is 28.4. The molecule has 3 rings (SSSR count). The van der Waals surface area contributed by atoms with E-state index in [1.165, 1.54) is 0 Å². The number of esters is 1. The second-order valence-corrected chi connectivity index (χ2v) is 38.3. The number of ketones is 1. The molecule has 0 aliphatic carbocycles. The van der Waals surface area contributed by atoms with E-state index in [1.54, 1.807) is 0 Å². The first-order chi connectivity index (χ1) is 28.9. The molecule has 0 amide bonds. The lowest BCUT2D eigenvalue weighted by Crippen LogP contribution is -2.52. The maximum absolute atomic E-state index is 14.5. The number of carbonyl (C=O) groups excluding carboxylic acids is 2. The molecule has 0 fully saturated rings. The van der Waals surface area contributed by atoms with Crippen LogP contribution in [-0.4, -0.2) is 66.7 Å². The van der Waals surface area contributed by atoms with Crippen molar-refractivity contribution in [3.8, 4) is 11.5 Å². The summed E-state index contributed by atoms with van der Waals surface area (Å²) >= 11 is 0. The largest absolute Gasteiger partial charge is 0.542 e. The topological polar surface area (TPSA) is 101 Å². The summed E-state index contributed by atoms with van der Waals surface area (Å²) in [4.78, 5) is 29.0. The number of carbonyl (C=O) groups is 2. The van der Waals surface area contributed by atoms with Crippen molar-refractivity contribution < 1.29 is 37.4 Å². The normalized spacial score (nSPS) is 17.1. The zero-order valence-electron chi connectivity index (χ0n) is 43.6. The van der Waals surface area contributed by atoms with Crippen LogP contribution in [0.2, 0.25) is 51.4 Å². The van der Waals surface area contributed by atoms with Crippen LogP contribution in [0.1, 0.15) is 165 Å². The van der Waals surface area contributed by atoms with Crippen LogP contribution in [0.25, 0.3) is 0 Å². The van der Waals surface area contributed by atoms with Gasteiger partial charge in [-0.2, -0.15) is 0 Å². The Hall–Kier alpha value is -2.29. The van der Waals surface area contributed by atoms with Gasteiger partial charge in [-0.1, -0.05) is 155 Å². The van der Waals surface area contributed by atoms with E-state index in [1.807, 2.05) is 57.2 Å². The van der Waals surface area contributed by atoms with E-state index < -0.39 is 60.6 Å². The van der Waals surface area contributed by atoms with Crippen molar-refractivity contribution in [1.29, 1.82) is 0 Å². The van der Waals surface area contributed by atoms with Crippen molar-refractivity contribution in [2.45, 2.75) is 227 Å². The standard InChI is InChI=1S/C52H90O8Si3/c1-33(2)62(34(3)4,35(5)6)58-45-31-46(59-63(36(7)8,37(9)10)38(11)12)49-42(39(45)13)29-44(57-50(49)55)40(14)43(53)30-47(54)52(18,19)48(60-61(20,21)51(15,16)17)27-28-56-32-41-25-23-22-24-26-41/h22-26,31,33-38,40,43-44,48,53H,27-30,32H2,1-21H3/t40-,43+,44-,48-/m1/s1. The summed E-state index contributed by atoms with van der Waals surface area (Å²) in [5, 5.41) is 11.9. The molecule has 0 aromatic heterocycles. The van der Waals surface area contributed by atoms with Gasteiger partial charge in [0.05, 0.1) is 18.8 Å². The molecule has 63 heavy (non-hydrogen) atoms. The summed E-state index contributed by atoms with van der Waals surface area (Å²) in [6.45, 7) is 47.0. The monoisotopic (exact) mass is 927 g/mol. The van der Waals surface area contributed by atoms with E-state index in [4.69, 9.17) is 22.8 Å². The Kier molecular flexibility index (Phi) is 18.8. The minimum atomic E-state index is -2.52. The van der Waals surface area contributed by atoms with Crippen LogP contribution in [0.4, 0.5) is 0 Å². The summed E-state index contributed by atoms with van der Waals surface area (Å²) in [7, 11) is -7.24. The molecule has 0 saturated heterocycles. The highest BCUT2D eigenvalue weighted by Crippen LogP contribution is 2.50. The Balaban J connectivity index is 2.04. The first kappa shape index (κ1) is 55.0. The Morgan fingerprint density at radius 1 is 0.778 bits per heavy atom. The number of rotatable bonds is 23. The predicted molar refractivity (Wildman–Crippen MR) is 269 cm³/mol. The van der Waals surface area contributed by atoms with Gasteiger partial charge in [0.1, 0.15) is 28.9 Å². The van der Waals surface area contributed by atoms with E-state index in [-0.39, 0.29) is 33.9 Å². The number of ether oxygens (including phenoxy) is 2. The second-order valence-electron chi connectivity index (χ2n) is 22.8. The quantitative estimate of drug-likeness (QED) is 0.0668. The van der Waals surface area contributed by atoms with Gasteiger partial charge >= 0.3 is 5.97 Å². The summed E-state index contributed by atoms with van der Waals surface area (Å²) in [5.74, 6) is 0.268. The zero-order valence-corrected chi connectivity index (χ0v) is 46.6. The van der Waals surface area contributed by atoms with E-state index in [2.05, 4.69) is 124 Å². The average Bonchev–Trinajstić information content (AvgIpc) is 3.16. The van der Waals surface area contributed by atoms with Gasteiger partial charge in [0.2, 0.25) is 0 Å². The third-order valence-electron chi connectivity index (χ3n) is 15.5. The molecule has 1 N–H and O–H groups in total. The van der Waals surface area contributed by atoms with Crippen LogP contribution in [0.15, 0.2) is 36.4 Å². The third kappa shape index (κ3) is 12.0. The molecule has 1 aliphatic heterocycles. The van der Waals surface area contributed by atoms with E-state index >= 15 is 0 Å². The van der Waals surface area contributed by atoms with Crippen molar-refractivity contribution in [3.05, 3.63) is 58.7 Å². The maximum atomic E-state index is 14.5. The van der Waals surface area contributed by atoms with Crippen LogP contribution >= 0.6 is 0 Å². The molecule has 8 nitrogen and oxygen atoms in total. The van der Waals surface area contributed by atoms with Crippen LogP contribution < -0.4 is 8.85 Å². The summed E-state index contributed by atoms with van der Waals surface area (Å²) in [6, 6.07) is 12.1. The highest BCUT2D eigenvalue weighted by molar-refractivity contribution is 6.79. The third-order valence-corrected chi connectivity index (χ3v) is 31.9. The molecule has 0 radical (unpaired) electrons. The number of aliphatic hydroxyl groups excluding tert-OH is 1. The summed E-state index contributed by atoms with van der Waals surface area (Å²) in [6.07, 6.45) is -1.30. The van der Waals surface area contributed by atoms with Crippen LogP contribution in [-0.2, 0) is 31.7 Å². The average molecular weight is 928 g/mol. The molecule has 0 unspecified atom stereocenters. The number of fused-ring (bicyclic) bond motifs is 1. The fraction of sp³-hybridized carbons (Fsp3) is 0.731. The first-order valence-corrected chi connectivity index (χ1v) is 31.3. The second kappa shape index (κ2) is 21.6. The minimum Gasteiger partial charge on any atom is -0.542 e. The molecular formula is C52H90O8Si3. The summed E-state index contributed by atoms with van der Waals surface area (Å²) in [5.41, 5.74) is 4.30. The molecule has 0 spiro atoms. The number of benzene rings is 2. The van der Waals surface area contributed by atoms with Gasteiger partial charge in [-0.3, -0.25) is 4.79 Å². The van der Waals surface area contributed by atoms with E-state index in [0.717, 1.165) is 22.4 Å². The molecule has 1 heterocycles. The molecule has 0 saturated carbocycles. The van der Waals surface area contributed by atoms with Gasteiger partial charge in [-0.25, -0.2) is 4.79 Å². The van der Waals surface area contributed by atoms with Gasteiger partial charge in [-0.15, -0.1) is 0 Å². The van der Waals surface area contributed by atoms with Gasteiger partial charge in [0, 0.05) is 36.8 Å². The molecule has 2 aromatic rings. The lowest BCUT2D eigenvalue weighted by Gasteiger charge is -2.45. The van der Waals surface area contributed by atoms with E-state index in [9.17, 15) is 14.7 Å². The Labute approximate surface area is 387 Å². The number of hydrogen-bond acceptors (Lipinski definition) is 8. The molecule has 358 valence electrons. The molecule has 0 bridgehead atoms. The molecule has 11 heteroatoms. The van der Waals surface area contributed by atoms with Gasteiger partial charge < -0.3 is 27.9 Å². The van der Waals surface area contributed by atoms with Crippen molar-refractivity contribution in [3.63, 3.8) is 0 Å². The van der Waals surface area contributed by atoms with Gasteiger partial charge in [0.15, 0.2) is 8.32 Å². The van der Waals surface area contributed by atoms with Crippen LogP contribution in [0, 0.1) is 18.3 Å². The number of cyclic esters (lactones) is 1. The van der Waals surface area contributed by atoms with Crippen LogP contribution in [0.3, 0.4) is 0 Å². The number of aliphatic hydroxyl groups is 1. The van der Waals surface area contributed by atoms with Crippen molar-refractivity contribution >= 4 is 36.7 Å². The zero-order chi connectivity index (χ0) is 48.2. The molecular weight excluding hydrogens is 837 g/mol. The van der Waals surface area contributed by atoms with Gasteiger partial charge in [-0.05, 0) is 81.4 Å².